The van der Waals surface area contributed by atoms with E-state index in [0.29, 0.717) is 19.5 Å². The number of aryl methyl sites for hydroxylation is 2. The fourth-order valence-corrected chi connectivity index (χ4v) is 3.57. The first kappa shape index (κ1) is 16.9. The van der Waals surface area contributed by atoms with Crippen LogP contribution in [0.5, 0.6) is 0 Å². The number of amides is 2. The summed E-state index contributed by atoms with van der Waals surface area (Å²) < 4.78 is 0. The highest BCUT2D eigenvalue weighted by Crippen LogP contribution is 2.17. The molecule has 1 saturated heterocycles. The van der Waals surface area contributed by atoms with Crippen molar-refractivity contribution < 1.29 is 9.59 Å². The van der Waals surface area contributed by atoms with Gasteiger partial charge in [-0.2, -0.15) is 0 Å². The van der Waals surface area contributed by atoms with Gasteiger partial charge in [-0.15, -0.1) is 11.3 Å². The van der Waals surface area contributed by atoms with Crippen LogP contribution >= 0.6 is 11.3 Å². The van der Waals surface area contributed by atoms with E-state index in [-0.39, 0.29) is 17.7 Å². The van der Waals surface area contributed by atoms with Gasteiger partial charge in [0.05, 0.1) is 10.9 Å². The first-order valence-electron chi connectivity index (χ1n) is 8.06. The second-order valence-corrected chi connectivity index (χ2v) is 6.75. The molecule has 1 N–H and O–H groups in total. The van der Waals surface area contributed by atoms with E-state index in [2.05, 4.69) is 15.7 Å². The van der Waals surface area contributed by atoms with Gasteiger partial charge in [-0.25, -0.2) is 4.98 Å². The molecule has 1 unspecified atom stereocenters. The molecular formula is C16H25N3O2S. The van der Waals surface area contributed by atoms with Gasteiger partial charge in [0.2, 0.25) is 11.8 Å². The minimum absolute atomic E-state index is 0.0497. The number of carbonyl (C=O) groups excluding carboxylic acids is 2. The second-order valence-electron chi connectivity index (χ2n) is 5.81. The van der Waals surface area contributed by atoms with E-state index in [1.165, 1.54) is 0 Å². The Morgan fingerprint density at radius 1 is 1.50 bits per heavy atom. The van der Waals surface area contributed by atoms with Crippen LogP contribution in [0.15, 0.2) is 5.38 Å². The molecule has 0 bridgehead atoms. The quantitative estimate of drug-likeness (QED) is 0.816. The van der Waals surface area contributed by atoms with Crippen LogP contribution in [-0.4, -0.2) is 41.3 Å². The van der Waals surface area contributed by atoms with Gasteiger partial charge in [-0.05, 0) is 26.2 Å². The lowest BCUT2D eigenvalue weighted by Gasteiger charge is -2.31. The number of nitrogens with one attached hydrogen (secondary N) is 1. The lowest BCUT2D eigenvalue weighted by Crippen LogP contribution is -2.45. The fourth-order valence-electron chi connectivity index (χ4n) is 2.75. The van der Waals surface area contributed by atoms with Gasteiger partial charge in [0.15, 0.2) is 0 Å². The smallest absolute Gasteiger partial charge is 0.224 e. The molecule has 0 aromatic carbocycles. The van der Waals surface area contributed by atoms with Crippen LogP contribution in [0.4, 0.5) is 0 Å². The maximum absolute atomic E-state index is 12.2. The fraction of sp³-hybridized carbons (Fsp3) is 0.688. The zero-order valence-corrected chi connectivity index (χ0v) is 14.2. The largest absolute Gasteiger partial charge is 0.356 e. The van der Waals surface area contributed by atoms with Crippen molar-refractivity contribution in [3.05, 3.63) is 16.1 Å². The van der Waals surface area contributed by atoms with Crippen LogP contribution in [-0.2, 0) is 16.0 Å². The van der Waals surface area contributed by atoms with Gasteiger partial charge < -0.3 is 10.2 Å². The Kier molecular flexibility index (Phi) is 6.36. The van der Waals surface area contributed by atoms with E-state index >= 15 is 0 Å². The lowest BCUT2D eigenvalue weighted by atomic mass is 9.97. The molecule has 1 aliphatic rings. The standard InChI is InChI=1S/C16H25N3O2S/c1-3-15(20)19-9-5-6-13(10-19)16(21)17-8-4-7-14-18-12(2)11-22-14/h11,13H,3-10H2,1-2H3,(H,17,21). The Morgan fingerprint density at radius 3 is 3.00 bits per heavy atom. The number of thiazole rings is 1. The number of likely N-dealkylation sites (tertiary alicyclic amines) is 1. The monoisotopic (exact) mass is 323 g/mol. The van der Waals surface area contributed by atoms with Crippen molar-refractivity contribution in [1.29, 1.82) is 0 Å². The van der Waals surface area contributed by atoms with Crippen LogP contribution in [0.1, 0.15) is 43.3 Å². The molecule has 6 heteroatoms. The molecule has 5 nitrogen and oxygen atoms in total. The molecule has 0 aliphatic carbocycles. The van der Waals surface area contributed by atoms with Gasteiger partial charge in [-0.3, -0.25) is 9.59 Å². The Hall–Kier alpha value is -1.43. The maximum Gasteiger partial charge on any atom is 0.224 e. The van der Waals surface area contributed by atoms with Crippen LogP contribution in [0.3, 0.4) is 0 Å². The van der Waals surface area contributed by atoms with Crippen molar-refractivity contribution in [3.63, 3.8) is 0 Å². The van der Waals surface area contributed by atoms with Crippen LogP contribution in [0, 0.1) is 12.8 Å². The van der Waals surface area contributed by atoms with Crippen molar-refractivity contribution in [3.8, 4) is 0 Å². The third-order valence-corrected chi connectivity index (χ3v) is 5.01. The molecule has 2 amide bonds. The van der Waals surface area contributed by atoms with Gasteiger partial charge in [-0.1, -0.05) is 6.92 Å². The van der Waals surface area contributed by atoms with Crippen molar-refractivity contribution in [2.45, 2.75) is 46.0 Å². The molecule has 2 heterocycles. The molecule has 0 radical (unpaired) electrons. The van der Waals surface area contributed by atoms with Gasteiger partial charge >= 0.3 is 0 Å². The second kappa shape index (κ2) is 8.27. The molecule has 1 aromatic heterocycles. The number of aromatic nitrogens is 1. The van der Waals surface area contributed by atoms with Crippen LogP contribution < -0.4 is 5.32 Å². The van der Waals surface area contributed by atoms with Crippen LogP contribution in [0.2, 0.25) is 0 Å². The minimum atomic E-state index is -0.0497. The van der Waals surface area contributed by atoms with E-state index in [0.717, 1.165) is 42.9 Å². The third kappa shape index (κ3) is 4.80. The summed E-state index contributed by atoms with van der Waals surface area (Å²) in [7, 11) is 0. The zero-order chi connectivity index (χ0) is 15.9. The SMILES string of the molecule is CCC(=O)N1CCCC(C(=O)NCCCc2nc(C)cs2)C1. The summed E-state index contributed by atoms with van der Waals surface area (Å²) in [6.07, 6.45) is 4.13. The van der Waals surface area contributed by atoms with Gasteiger partial charge in [0.25, 0.3) is 0 Å². The summed E-state index contributed by atoms with van der Waals surface area (Å²) >= 11 is 1.67. The molecule has 2 rings (SSSR count). The summed E-state index contributed by atoms with van der Waals surface area (Å²) in [5.74, 6) is 0.187. The number of carbonyl (C=O) groups is 2. The molecule has 122 valence electrons. The third-order valence-electron chi connectivity index (χ3n) is 3.98. The first-order chi connectivity index (χ1) is 10.6. The van der Waals surface area contributed by atoms with E-state index in [1.807, 2.05) is 18.7 Å². The number of piperidine rings is 1. The molecule has 1 fully saturated rings. The zero-order valence-electron chi connectivity index (χ0n) is 13.4. The number of nitrogens with zero attached hydrogens (tertiary/aromatic N) is 2. The molecule has 1 atom stereocenters. The number of hydrogen-bond acceptors (Lipinski definition) is 4. The van der Waals surface area contributed by atoms with Crippen molar-refractivity contribution in [2.24, 2.45) is 5.92 Å². The van der Waals surface area contributed by atoms with Crippen LogP contribution in [0.25, 0.3) is 0 Å². The molecule has 0 spiro atoms. The summed E-state index contributed by atoms with van der Waals surface area (Å²) in [4.78, 5) is 30.2. The van der Waals surface area contributed by atoms with Gasteiger partial charge in [0.1, 0.15) is 0 Å². The lowest BCUT2D eigenvalue weighted by molar-refractivity contribution is -0.135. The average molecular weight is 323 g/mol. The summed E-state index contributed by atoms with van der Waals surface area (Å²) in [5, 5.41) is 6.19. The Morgan fingerprint density at radius 2 is 2.32 bits per heavy atom. The Balaban J connectivity index is 1.69. The van der Waals surface area contributed by atoms with E-state index in [1.54, 1.807) is 11.3 Å². The van der Waals surface area contributed by atoms with Crippen molar-refractivity contribution in [1.82, 2.24) is 15.2 Å². The molecular weight excluding hydrogens is 298 g/mol. The van der Waals surface area contributed by atoms with Crippen molar-refractivity contribution >= 4 is 23.2 Å². The first-order valence-corrected chi connectivity index (χ1v) is 8.94. The highest BCUT2D eigenvalue weighted by Gasteiger charge is 2.27. The number of hydrogen-bond donors (Lipinski definition) is 1. The average Bonchev–Trinajstić information content (AvgIpc) is 2.96. The highest BCUT2D eigenvalue weighted by molar-refractivity contribution is 7.09. The summed E-state index contributed by atoms with van der Waals surface area (Å²) in [6, 6.07) is 0. The van der Waals surface area contributed by atoms with E-state index in [4.69, 9.17) is 0 Å². The Labute approximate surface area is 136 Å². The maximum atomic E-state index is 12.2. The van der Waals surface area contributed by atoms with E-state index < -0.39 is 0 Å². The predicted molar refractivity (Wildman–Crippen MR) is 87.8 cm³/mol. The molecule has 1 aromatic rings. The van der Waals surface area contributed by atoms with E-state index in [9.17, 15) is 9.59 Å². The topological polar surface area (TPSA) is 62.3 Å². The molecule has 22 heavy (non-hydrogen) atoms. The Bertz CT molecular complexity index is 515. The van der Waals surface area contributed by atoms with Gasteiger partial charge in [0, 0.05) is 43.5 Å². The van der Waals surface area contributed by atoms with Crippen molar-refractivity contribution in [2.75, 3.05) is 19.6 Å². The number of rotatable bonds is 6. The minimum Gasteiger partial charge on any atom is -0.356 e. The predicted octanol–water partition coefficient (Wildman–Crippen LogP) is 2.15. The molecule has 0 saturated carbocycles. The summed E-state index contributed by atoms with van der Waals surface area (Å²) in [6.45, 7) is 5.90. The molecule has 1 aliphatic heterocycles. The normalized spacial score (nSPS) is 18.3. The summed E-state index contributed by atoms with van der Waals surface area (Å²) in [5.41, 5.74) is 1.06. The highest BCUT2D eigenvalue weighted by atomic mass is 32.1.